The molecule has 0 fully saturated rings. The van der Waals surface area contributed by atoms with E-state index in [0.29, 0.717) is 5.76 Å². The van der Waals surface area contributed by atoms with E-state index >= 15 is 0 Å². The number of esters is 1. The van der Waals surface area contributed by atoms with Gasteiger partial charge in [0, 0.05) is 0 Å². The molecule has 1 aromatic carbocycles. The Hall–Kier alpha value is -2.83. The molecule has 1 heterocycles. The minimum Gasteiger partial charge on any atom is -0.475 e. The topological polar surface area (TPSA) is 88.8 Å². The van der Waals surface area contributed by atoms with Crippen LogP contribution in [0.15, 0.2) is 34.7 Å². The number of halogens is 1. The van der Waals surface area contributed by atoms with E-state index in [4.69, 9.17) is 9.52 Å². The van der Waals surface area contributed by atoms with Crippen molar-refractivity contribution in [1.82, 2.24) is 0 Å². The number of carboxylic acids is 1. The van der Waals surface area contributed by atoms with Crippen LogP contribution in [0.5, 0.6) is 0 Å². The van der Waals surface area contributed by atoms with Gasteiger partial charge in [-0.15, -0.1) is 0 Å². The largest absolute Gasteiger partial charge is 0.475 e. The molecular formula is C14H12FNO5. The third-order valence-corrected chi connectivity index (χ3v) is 2.71. The summed E-state index contributed by atoms with van der Waals surface area (Å²) < 4.78 is 22.9. The maximum atomic E-state index is 13.3. The van der Waals surface area contributed by atoms with Crippen LogP contribution in [0.1, 0.15) is 26.7 Å². The van der Waals surface area contributed by atoms with Gasteiger partial charge in [0.15, 0.2) is 0 Å². The highest BCUT2D eigenvalue weighted by Crippen LogP contribution is 2.19. The quantitative estimate of drug-likeness (QED) is 0.823. The molecule has 110 valence electrons. The molecule has 0 amide bonds. The number of nitrogens with one attached hydrogen (secondary N) is 1. The van der Waals surface area contributed by atoms with Crippen molar-refractivity contribution in [3.63, 3.8) is 0 Å². The van der Waals surface area contributed by atoms with E-state index in [0.717, 1.165) is 12.1 Å². The highest BCUT2D eigenvalue weighted by molar-refractivity contribution is 5.95. The molecule has 2 rings (SSSR count). The normalized spacial score (nSPS) is 10.2. The van der Waals surface area contributed by atoms with Crippen LogP contribution in [0.3, 0.4) is 0 Å². The number of hydrogen-bond donors (Lipinski definition) is 2. The van der Waals surface area contributed by atoms with E-state index in [1.54, 1.807) is 0 Å². The van der Waals surface area contributed by atoms with Gasteiger partial charge in [-0.3, -0.25) is 0 Å². The molecule has 2 N–H and O–H groups in total. The molecule has 7 heteroatoms. The van der Waals surface area contributed by atoms with Gasteiger partial charge < -0.3 is 19.6 Å². The maximum Gasteiger partial charge on any atom is 0.371 e. The number of aromatic carboxylic acids is 1. The molecule has 2 aromatic rings. The lowest BCUT2D eigenvalue weighted by Gasteiger charge is -2.09. The Balaban J connectivity index is 2.16. The van der Waals surface area contributed by atoms with Gasteiger partial charge >= 0.3 is 11.9 Å². The molecule has 0 radical (unpaired) electrons. The molecule has 0 spiro atoms. The van der Waals surface area contributed by atoms with Crippen molar-refractivity contribution in [2.75, 3.05) is 12.4 Å². The molecule has 0 saturated heterocycles. The van der Waals surface area contributed by atoms with Crippen LogP contribution in [0, 0.1) is 5.82 Å². The Morgan fingerprint density at radius 1 is 1.33 bits per heavy atom. The van der Waals surface area contributed by atoms with Gasteiger partial charge in [-0.1, -0.05) is 0 Å². The van der Waals surface area contributed by atoms with Crippen molar-refractivity contribution in [3.05, 3.63) is 53.2 Å². The van der Waals surface area contributed by atoms with Crippen LogP contribution < -0.4 is 5.32 Å². The number of rotatable bonds is 5. The van der Waals surface area contributed by atoms with Crippen LogP contribution in [-0.2, 0) is 11.3 Å². The van der Waals surface area contributed by atoms with E-state index in [-0.39, 0.29) is 23.6 Å². The zero-order chi connectivity index (χ0) is 15.4. The lowest BCUT2D eigenvalue weighted by atomic mass is 10.1. The van der Waals surface area contributed by atoms with Gasteiger partial charge in [0.1, 0.15) is 11.6 Å². The summed E-state index contributed by atoms with van der Waals surface area (Å²) in [5.41, 5.74) is 0.402. The summed E-state index contributed by atoms with van der Waals surface area (Å²) in [6.07, 6.45) is 0. The monoisotopic (exact) mass is 293 g/mol. The predicted molar refractivity (Wildman–Crippen MR) is 70.7 cm³/mol. The summed E-state index contributed by atoms with van der Waals surface area (Å²) in [4.78, 5) is 22.3. The van der Waals surface area contributed by atoms with Crippen LogP contribution in [0.4, 0.5) is 10.1 Å². The predicted octanol–water partition coefficient (Wildman–Crippen LogP) is 2.52. The molecule has 0 saturated carbocycles. The van der Waals surface area contributed by atoms with E-state index in [1.807, 2.05) is 0 Å². The highest BCUT2D eigenvalue weighted by Gasteiger charge is 2.14. The first-order valence-electron chi connectivity index (χ1n) is 5.95. The molecule has 0 aliphatic carbocycles. The Labute approximate surface area is 119 Å². The highest BCUT2D eigenvalue weighted by atomic mass is 19.1. The van der Waals surface area contributed by atoms with Crippen molar-refractivity contribution in [1.29, 1.82) is 0 Å². The fourth-order valence-corrected chi connectivity index (χ4v) is 1.72. The van der Waals surface area contributed by atoms with Crippen LogP contribution in [0.2, 0.25) is 0 Å². The molecule has 0 atom stereocenters. The number of methoxy groups -OCH3 is 1. The fourth-order valence-electron chi connectivity index (χ4n) is 1.72. The van der Waals surface area contributed by atoms with Gasteiger partial charge in [-0.05, 0) is 30.3 Å². The Morgan fingerprint density at radius 3 is 2.71 bits per heavy atom. The summed E-state index contributed by atoms with van der Waals surface area (Å²) in [5.74, 6) is -2.16. The second-order valence-electron chi connectivity index (χ2n) is 4.11. The molecule has 6 nitrogen and oxygen atoms in total. The maximum absolute atomic E-state index is 13.3. The number of ether oxygens (including phenoxy) is 1. The number of hydrogen-bond acceptors (Lipinski definition) is 5. The number of furan rings is 1. The van der Waals surface area contributed by atoms with E-state index in [2.05, 4.69) is 10.1 Å². The van der Waals surface area contributed by atoms with Crippen molar-refractivity contribution >= 4 is 17.6 Å². The number of benzene rings is 1. The molecule has 0 aliphatic heterocycles. The number of carboxylic acid groups (broad SMARTS) is 1. The zero-order valence-electron chi connectivity index (χ0n) is 11.1. The van der Waals surface area contributed by atoms with Crippen molar-refractivity contribution in [2.24, 2.45) is 0 Å². The molecule has 0 unspecified atom stereocenters. The standard InChI is InChI=1S/C14H12FNO5/c1-20-14(19)10-4-2-8(15)6-11(10)16-7-9-3-5-12(21-9)13(17)18/h2-6,16H,7H2,1H3,(H,17,18). The van der Waals surface area contributed by atoms with Crippen LogP contribution in [0.25, 0.3) is 0 Å². The third kappa shape index (κ3) is 3.38. The molecular weight excluding hydrogens is 281 g/mol. The average molecular weight is 293 g/mol. The minimum atomic E-state index is -1.18. The molecule has 0 bridgehead atoms. The number of carbonyl (C=O) groups excluding carboxylic acids is 1. The molecule has 21 heavy (non-hydrogen) atoms. The van der Waals surface area contributed by atoms with Gasteiger partial charge in [0.25, 0.3) is 0 Å². The van der Waals surface area contributed by atoms with Crippen LogP contribution >= 0.6 is 0 Å². The Morgan fingerprint density at radius 2 is 2.10 bits per heavy atom. The summed E-state index contributed by atoms with van der Waals surface area (Å²) in [6.45, 7) is 0.0979. The second-order valence-corrected chi connectivity index (χ2v) is 4.11. The van der Waals surface area contributed by atoms with Crippen molar-refractivity contribution in [3.8, 4) is 0 Å². The number of anilines is 1. The van der Waals surface area contributed by atoms with Gasteiger partial charge in [0.05, 0.1) is 24.9 Å². The molecule has 1 aromatic heterocycles. The minimum absolute atomic E-state index is 0.0979. The SMILES string of the molecule is COC(=O)c1ccc(F)cc1NCc1ccc(C(=O)O)o1. The zero-order valence-corrected chi connectivity index (χ0v) is 11.1. The lowest BCUT2D eigenvalue weighted by Crippen LogP contribution is -2.08. The van der Waals surface area contributed by atoms with Crippen molar-refractivity contribution in [2.45, 2.75) is 6.54 Å². The Bertz CT molecular complexity index is 680. The molecule has 0 aliphatic rings. The number of carbonyl (C=O) groups is 2. The fraction of sp³-hybridized carbons (Fsp3) is 0.143. The summed E-state index contributed by atoms with van der Waals surface area (Å²) >= 11 is 0. The first-order chi connectivity index (χ1) is 10.0. The first kappa shape index (κ1) is 14.6. The van der Waals surface area contributed by atoms with Gasteiger partial charge in [0.2, 0.25) is 5.76 Å². The van der Waals surface area contributed by atoms with E-state index in [9.17, 15) is 14.0 Å². The third-order valence-electron chi connectivity index (χ3n) is 2.71. The average Bonchev–Trinajstić information content (AvgIpc) is 2.93. The van der Waals surface area contributed by atoms with Crippen LogP contribution in [-0.4, -0.2) is 24.2 Å². The summed E-state index contributed by atoms with van der Waals surface area (Å²) in [6, 6.07) is 6.38. The van der Waals surface area contributed by atoms with Gasteiger partial charge in [-0.2, -0.15) is 0 Å². The Kier molecular flexibility index (Phi) is 4.22. The summed E-state index contributed by atoms with van der Waals surface area (Å²) in [7, 11) is 1.22. The van der Waals surface area contributed by atoms with Crippen molar-refractivity contribution < 1.29 is 28.2 Å². The first-order valence-corrected chi connectivity index (χ1v) is 5.95. The van der Waals surface area contributed by atoms with E-state index in [1.165, 1.54) is 25.3 Å². The second kappa shape index (κ2) is 6.08. The smallest absolute Gasteiger partial charge is 0.371 e. The van der Waals surface area contributed by atoms with Gasteiger partial charge in [-0.25, -0.2) is 14.0 Å². The lowest BCUT2D eigenvalue weighted by molar-refractivity contribution is 0.0600. The summed E-state index contributed by atoms with van der Waals surface area (Å²) in [5, 5.41) is 11.6. The van der Waals surface area contributed by atoms with E-state index < -0.39 is 17.8 Å².